The molecule has 15 heavy (non-hydrogen) atoms. The van der Waals surface area contributed by atoms with E-state index in [2.05, 4.69) is 31.3 Å². The topological polar surface area (TPSA) is 38.0 Å². The quantitative estimate of drug-likeness (QED) is 0.724. The summed E-state index contributed by atoms with van der Waals surface area (Å²) in [6, 6.07) is 7.43. The van der Waals surface area contributed by atoms with Crippen LogP contribution in [-0.2, 0) is 12.8 Å². The van der Waals surface area contributed by atoms with Crippen LogP contribution in [0.15, 0.2) is 18.2 Å². The van der Waals surface area contributed by atoms with Gasteiger partial charge in [-0.3, -0.25) is 0 Å². The van der Waals surface area contributed by atoms with Crippen LogP contribution in [0.5, 0.6) is 0 Å². The molecule has 0 amide bonds. The lowest BCUT2D eigenvalue weighted by molar-refractivity contribution is 0.422. The van der Waals surface area contributed by atoms with E-state index in [4.69, 9.17) is 5.73 Å². The Bertz CT molecular complexity index is 344. The first kappa shape index (κ1) is 10.5. The Labute approximate surface area is 91.9 Å². The second kappa shape index (κ2) is 4.23. The highest BCUT2D eigenvalue weighted by atomic mass is 14.9. The van der Waals surface area contributed by atoms with Crippen molar-refractivity contribution in [2.75, 3.05) is 5.73 Å². The van der Waals surface area contributed by atoms with Gasteiger partial charge in [0.1, 0.15) is 0 Å². The van der Waals surface area contributed by atoms with Crippen molar-refractivity contribution < 1.29 is 0 Å². The zero-order valence-corrected chi connectivity index (χ0v) is 9.59. The Morgan fingerprint density at radius 2 is 2.20 bits per heavy atom. The highest BCUT2D eigenvalue weighted by Crippen LogP contribution is 2.26. The third kappa shape index (κ3) is 2.32. The molecule has 0 aliphatic heterocycles. The molecule has 0 aromatic heterocycles. The van der Waals surface area contributed by atoms with Gasteiger partial charge in [-0.2, -0.15) is 0 Å². The van der Waals surface area contributed by atoms with Crippen LogP contribution in [0.25, 0.3) is 0 Å². The first-order valence-corrected chi connectivity index (χ1v) is 5.79. The highest BCUT2D eigenvalue weighted by Gasteiger charge is 2.20. The molecule has 0 radical (unpaired) electrons. The summed E-state index contributed by atoms with van der Waals surface area (Å²) in [6.45, 7) is 4.40. The van der Waals surface area contributed by atoms with Gasteiger partial charge >= 0.3 is 0 Å². The fourth-order valence-electron chi connectivity index (χ4n) is 2.43. The molecular weight excluding hydrogens is 184 g/mol. The summed E-state index contributed by atoms with van der Waals surface area (Å²) in [5.74, 6) is 0. The lowest BCUT2D eigenvalue weighted by Gasteiger charge is -2.28. The van der Waals surface area contributed by atoms with Gasteiger partial charge in [-0.05, 0) is 36.5 Å². The Kier molecular flexibility index (Phi) is 2.96. The van der Waals surface area contributed by atoms with E-state index in [0.717, 1.165) is 18.5 Å². The molecule has 1 aliphatic rings. The molecule has 1 atom stereocenters. The average Bonchev–Trinajstić information content (AvgIpc) is 2.18. The van der Waals surface area contributed by atoms with Gasteiger partial charge < -0.3 is 11.1 Å². The van der Waals surface area contributed by atoms with E-state index in [0.29, 0.717) is 12.1 Å². The second-order valence-electron chi connectivity index (χ2n) is 4.75. The minimum Gasteiger partial charge on any atom is -0.398 e. The molecule has 0 saturated carbocycles. The molecule has 0 heterocycles. The molecule has 1 aromatic carbocycles. The van der Waals surface area contributed by atoms with E-state index in [1.165, 1.54) is 17.5 Å². The highest BCUT2D eigenvalue weighted by molar-refractivity contribution is 5.52. The number of rotatable bonds is 2. The summed E-state index contributed by atoms with van der Waals surface area (Å²) >= 11 is 0. The Morgan fingerprint density at radius 1 is 1.40 bits per heavy atom. The van der Waals surface area contributed by atoms with E-state index in [1.54, 1.807) is 0 Å². The number of anilines is 1. The third-order valence-electron chi connectivity index (χ3n) is 3.09. The van der Waals surface area contributed by atoms with Gasteiger partial charge in [-0.15, -0.1) is 0 Å². The first-order chi connectivity index (χ1) is 7.16. The van der Waals surface area contributed by atoms with Crippen LogP contribution in [0.2, 0.25) is 0 Å². The van der Waals surface area contributed by atoms with Crippen molar-refractivity contribution in [1.29, 1.82) is 0 Å². The van der Waals surface area contributed by atoms with Crippen LogP contribution in [0.4, 0.5) is 5.69 Å². The number of nitrogens with one attached hydrogen (secondary N) is 1. The van der Waals surface area contributed by atoms with Crippen LogP contribution >= 0.6 is 0 Å². The molecule has 82 valence electrons. The van der Waals surface area contributed by atoms with Crippen LogP contribution in [0.1, 0.15) is 31.4 Å². The summed E-state index contributed by atoms with van der Waals surface area (Å²) in [4.78, 5) is 0. The Balaban J connectivity index is 2.15. The number of nitrogen functional groups attached to an aromatic ring is 1. The first-order valence-electron chi connectivity index (χ1n) is 5.79. The van der Waals surface area contributed by atoms with Crippen molar-refractivity contribution in [3.8, 4) is 0 Å². The summed E-state index contributed by atoms with van der Waals surface area (Å²) in [6.07, 6.45) is 3.47. The molecule has 2 heteroatoms. The molecule has 0 fully saturated rings. The van der Waals surface area contributed by atoms with Crippen LogP contribution in [0.3, 0.4) is 0 Å². The smallest absolute Gasteiger partial charge is 0.0349 e. The predicted molar refractivity (Wildman–Crippen MR) is 64.9 cm³/mol. The van der Waals surface area contributed by atoms with Crippen molar-refractivity contribution >= 4 is 5.69 Å². The molecule has 1 aromatic rings. The largest absolute Gasteiger partial charge is 0.398 e. The summed E-state index contributed by atoms with van der Waals surface area (Å²) < 4.78 is 0. The molecule has 1 unspecified atom stereocenters. The predicted octanol–water partition coefficient (Wildman–Crippen LogP) is 2.12. The van der Waals surface area contributed by atoms with Crippen molar-refractivity contribution in [1.82, 2.24) is 5.32 Å². The van der Waals surface area contributed by atoms with Crippen molar-refractivity contribution in [3.05, 3.63) is 29.3 Å². The standard InChI is InChI=1S/C13H20N2/c1-9(2)15-11-7-6-10-4-3-5-13(14)12(10)8-11/h3-5,9,11,15H,6-8,14H2,1-2H3. The van der Waals surface area contributed by atoms with Crippen LogP contribution in [-0.4, -0.2) is 12.1 Å². The van der Waals surface area contributed by atoms with Crippen LogP contribution in [0, 0.1) is 0 Å². The Hall–Kier alpha value is -1.02. The van der Waals surface area contributed by atoms with E-state index < -0.39 is 0 Å². The number of aryl methyl sites for hydroxylation is 1. The Morgan fingerprint density at radius 3 is 2.93 bits per heavy atom. The maximum absolute atomic E-state index is 6.01. The minimum atomic E-state index is 0.557. The second-order valence-corrected chi connectivity index (χ2v) is 4.75. The summed E-state index contributed by atoms with van der Waals surface area (Å²) in [7, 11) is 0. The third-order valence-corrected chi connectivity index (χ3v) is 3.09. The molecule has 2 nitrogen and oxygen atoms in total. The van der Waals surface area contributed by atoms with Gasteiger partial charge in [0.15, 0.2) is 0 Å². The van der Waals surface area contributed by atoms with E-state index in [1.807, 2.05) is 6.07 Å². The number of fused-ring (bicyclic) bond motifs is 1. The number of hydrogen-bond donors (Lipinski definition) is 2. The number of nitrogens with two attached hydrogens (primary N) is 1. The maximum Gasteiger partial charge on any atom is 0.0349 e. The molecule has 0 bridgehead atoms. The van der Waals surface area contributed by atoms with Crippen molar-refractivity contribution in [2.45, 2.75) is 45.2 Å². The maximum atomic E-state index is 6.01. The molecule has 1 aliphatic carbocycles. The summed E-state index contributed by atoms with van der Waals surface area (Å²) in [5.41, 5.74) is 9.77. The van der Waals surface area contributed by atoms with Gasteiger partial charge in [0.2, 0.25) is 0 Å². The van der Waals surface area contributed by atoms with Gasteiger partial charge in [0.25, 0.3) is 0 Å². The SMILES string of the molecule is CC(C)NC1CCc2cccc(N)c2C1. The normalized spacial score (nSPS) is 20.3. The van der Waals surface area contributed by atoms with Gasteiger partial charge in [-0.25, -0.2) is 0 Å². The molecule has 0 spiro atoms. The zero-order chi connectivity index (χ0) is 10.8. The number of hydrogen-bond acceptors (Lipinski definition) is 2. The van der Waals surface area contributed by atoms with E-state index in [9.17, 15) is 0 Å². The molecule has 0 saturated heterocycles. The van der Waals surface area contributed by atoms with Crippen molar-refractivity contribution in [2.24, 2.45) is 0 Å². The molecular formula is C13H20N2. The van der Waals surface area contributed by atoms with Crippen LogP contribution < -0.4 is 11.1 Å². The zero-order valence-electron chi connectivity index (χ0n) is 9.59. The van der Waals surface area contributed by atoms with Gasteiger partial charge in [-0.1, -0.05) is 26.0 Å². The van der Waals surface area contributed by atoms with Gasteiger partial charge in [0.05, 0.1) is 0 Å². The lowest BCUT2D eigenvalue weighted by atomic mass is 9.87. The van der Waals surface area contributed by atoms with E-state index in [-0.39, 0.29) is 0 Å². The molecule has 3 N–H and O–H groups in total. The molecule has 2 rings (SSSR count). The fraction of sp³-hybridized carbons (Fsp3) is 0.538. The lowest BCUT2D eigenvalue weighted by Crippen LogP contribution is -2.39. The van der Waals surface area contributed by atoms with Crippen molar-refractivity contribution in [3.63, 3.8) is 0 Å². The monoisotopic (exact) mass is 204 g/mol. The van der Waals surface area contributed by atoms with E-state index >= 15 is 0 Å². The fourth-order valence-corrected chi connectivity index (χ4v) is 2.43. The van der Waals surface area contributed by atoms with Gasteiger partial charge in [0, 0.05) is 17.8 Å². The average molecular weight is 204 g/mol. The minimum absolute atomic E-state index is 0.557. The number of benzene rings is 1. The summed E-state index contributed by atoms with van der Waals surface area (Å²) in [5, 5.41) is 3.59.